The van der Waals surface area contributed by atoms with Crippen molar-refractivity contribution in [2.45, 2.75) is 4.87 Å². The number of hydrazone groups is 1. The van der Waals surface area contributed by atoms with E-state index in [9.17, 15) is 9.59 Å². The molecule has 1 aliphatic heterocycles. The zero-order valence-electron chi connectivity index (χ0n) is 8.85. The molecule has 0 aliphatic carbocycles. The van der Waals surface area contributed by atoms with E-state index in [1.807, 2.05) is 0 Å². The SMILES string of the molecule is CN1N=CC(Cl)(C(=O)c2ccccc2Cl)C1=O. The first-order valence-electron chi connectivity index (χ1n) is 4.78. The number of carbonyl (C=O) groups excluding carboxylic acids is 2. The number of nitrogens with zero attached hydrogens (tertiary/aromatic N) is 2. The first-order chi connectivity index (χ1) is 7.97. The van der Waals surface area contributed by atoms with Gasteiger partial charge in [0.25, 0.3) is 5.91 Å². The summed E-state index contributed by atoms with van der Waals surface area (Å²) in [6.07, 6.45) is 1.13. The second kappa shape index (κ2) is 4.13. The molecule has 0 radical (unpaired) electrons. The molecule has 88 valence electrons. The lowest BCUT2D eigenvalue weighted by Crippen LogP contribution is -2.43. The molecular weight excluding hydrogens is 263 g/mol. The van der Waals surface area contributed by atoms with Crippen molar-refractivity contribution < 1.29 is 9.59 Å². The van der Waals surface area contributed by atoms with Crippen LogP contribution in [0.1, 0.15) is 10.4 Å². The monoisotopic (exact) mass is 270 g/mol. The first kappa shape index (κ1) is 12.1. The molecule has 0 aromatic heterocycles. The summed E-state index contributed by atoms with van der Waals surface area (Å²) in [5.74, 6) is -1.15. The fraction of sp³-hybridized carbons (Fsp3) is 0.182. The van der Waals surface area contributed by atoms with E-state index in [1.54, 1.807) is 18.2 Å². The van der Waals surface area contributed by atoms with Crippen LogP contribution in [0.4, 0.5) is 0 Å². The average molecular weight is 271 g/mol. The lowest BCUT2D eigenvalue weighted by atomic mass is 9.97. The summed E-state index contributed by atoms with van der Waals surface area (Å²) < 4.78 is 0. The van der Waals surface area contributed by atoms with Crippen LogP contribution < -0.4 is 0 Å². The smallest absolute Gasteiger partial charge is 0.277 e. The maximum absolute atomic E-state index is 12.2. The predicted molar refractivity (Wildman–Crippen MR) is 65.6 cm³/mol. The highest BCUT2D eigenvalue weighted by atomic mass is 35.5. The van der Waals surface area contributed by atoms with Gasteiger partial charge in [0.1, 0.15) is 0 Å². The van der Waals surface area contributed by atoms with E-state index < -0.39 is 16.6 Å². The average Bonchev–Trinajstić information content (AvgIpc) is 2.58. The standard InChI is InChI=1S/C11H8Cl2N2O2/c1-15-10(17)11(13,6-14-15)9(16)7-4-2-3-5-8(7)12/h2-6H,1H3. The lowest BCUT2D eigenvalue weighted by molar-refractivity contribution is -0.128. The van der Waals surface area contributed by atoms with Gasteiger partial charge in [0.15, 0.2) is 0 Å². The highest BCUT2D eigenvalue weighted by Crippen LogP contribution is 2.29. The van der Waals surface area contributed by atoms with Crippen molar-refractivity contribution in [1.29, 1.82) is 0 Å². The van der Waals surface area contributed by atoms with Crippen LogP contribution in [-0.2, 0) is 4.79 Å². The van der Waals surface area contributed by atoms with Gasteiger partial charge in [-0.3, -0.25) is 9.59 Å². The molecule has 1 atom stereocenters. The zero-order chi connectivity index (χ0) is 12.6. The molecule has 0 spiro atoms. The Bertz CT molecular complexity index is 530. The molecule has 4 nitrogen and oxygen atoms in total. The number of hydrogen-bond donors (Lipinski definition) is 0. The van der Waals surface area contributed by atoms with Crippen molar-refractivity contribution >= 4 is 41.1 Å². The Hall–Kier alpha value is -1.39. The zero-order valence-corrected chi connectivity index (χ0v) is 10.4. The van der Waals surface area contributed by atoms with E-state index in [4.69, 9.17) is 23.2 Å². The van der Waals surface area contributed by atoms with Gasteiger partial charge in [-0.15, -0.1) is 0 Å². The molecule has 1 heterocycles. The Morgan fingerprint density at radius 1 is 1.41 bits per heavy atom. The maximum Gasteiger partial charge on any atom is 0.277 e. The van der Waals surface area contributed by atoms with Crippen LogP contribution >= 0.6 is 23.2 Å². The summed E-state index contributed by atoms with van der Waals surface area (Å²) in [5, 5.41) is 5.00. The molecular formula is C11H8Cl2N2O2. The van der Waals surface area contributed by atoms with Crippen molar-refractivity contribution in [3.8, 4) is 0 Å². The highest BCUT2D eigenvalue weighted by molar-refractivity contribution is 6.58. The summed E-state index contributed by atoms with van der Waals surface area (Å²) in [7, 11) is 1.43. The fourth-order valence-corrected chi connectivity index (χ4v) is 2.00. The number of ketones is 1. The third-order valence-electron chi connectivity index (χ3n) is 2.46. The number of halogens is 2. The molecule has 2 rings (SSSR count). The van der Waals surface area contributed by atoms with E-state index in [-0.39, 0.29) is 10.6 Å². The Balaban J connectivity index is 2.43. The second-order valence-corrected chi connectivity index (χ2v) is 4.60. The van der Waals surface area contributed by atoms with Gasteiger partial charge in [0.2, 0.25) is 10.7 Å². The second-order valence-electron chi connectivity index (χ2n) is 3.59. The van der Waals surface area contributed by atoms with Gasteiger partial charge >= 0.3 is 0 Å². The Morgan fingerprint density at radius 3 is 2.59 bits per heavy atom. The predicted octanol–water partition coefficient (Wildman–Crippen LogP) is 1.96. The maximum atomic E-state index is 12.2. The fourth-order valence-electron chi connectivity index (χ4n) is 1.51. The number of hydrogen-bond acceptors (Lipinski definition) is 3. The molecule has 0 N–H and O–H groups in total. The van der Waals surface area contributed by atoms with Crippen LogP contribution in [0.5, 0.6) is 0 Å². The molecule has 0 fully saturated rings. The molecule has 1 amide bonds. The van der Waals surface area contributed by atoms with Gasteiger partial charge < -0.3 is 0 Å². The number of amides is 1. The summed E-state index contributed by atoms with van der Waals surface area (Å²) in [4.78, 5) is 22.2. The van der Waals surface area contributed by atoms with Crippen molar-refractivity contribution in [3.63, 3.8) is 0 Å². The summed E-state index contributed by atoms with van der Waals surface area (Å²) in [6, 6.07) is 6.43. The minimum atomic E-state index is -1.78. The van der Waals surface area contributed by atoms with Crippen LogP contribution in [0.15, 0.2) is 29.4 Å². The summed E-state index contributed by atoms with van der Waals surface area (Å²) in [6.45, 7) is 0. The van der Waals surface area contributed by atoms with Crippen LogP contribution in [0.2, 0.25) is 5.02 Å². The third kappa shape index (κ3) is 1.83. The number of alkyl halides is 1. The Kier molecular flexibility index (Phi) is 2.93. The van der Waals surface area contributed by atoms with E-state index >= 15 is 0 Å². The Labute approximate surface area is 108 Å². The van der Waals surface area contributed by atoms with E-state index in [2.05, 4.69) is 5.10 Å². The summed E-state index contributed by atoms with van der Waals surface area (Å²) >= 11 is 11.9. The number of carbonyl (C=O) groups is 2. The minimum absolute atomic E-state index is 0.208. The van der Waals surface area contributed by atoms with Crippen LogP contribution in [0, 0.1) is 0 Å². The van der Waals surface area contributed by atoms with E-state index in [0.29, 0.717) is 0 Å². The molecule has 17 heavy (non-hydrogen) atoms. The molecule has 0 saturated heterocycles. The van der Waals surface area contributed by atoms with Gasteiger partial charge in [-0.1, -0.05) is 35.3 Å². The van der Waals surface area contributed by atoms with Gasteiger partial charge in [0, 0.05) is 12.6 Å². The summed E-state index contributed by atoms with van der Waals surface area (Å²) in [5.41, 5.74) is 0.208. The number of rotatable bonds is 2. The van der Waals surface area contributed by atoms with Crippen LogP contribution in [0.25, 0.3) is 0 Å². The van der Waals surface area contributed by atoms with Crippen LogP contribution in [-0.4, -0.2) is 34.8 Å². The quantitative estimate of drug-likeness (QED) is 0.469. The van der Waals surface area contributed by atoms with Gasteiger partial charge in [-0.25, -0.2) is 5.01 Å². The molecule has 6 heteroatoms. The van der Waals surface area contributed by atoms with Crippen molar-refractivity contribution in [1.82, 2.24) is 5.01 Å². The lowest BCUT2D eigenvalue weighted by Gasteiger charge is -2.16. The number of Topliss-reactive ketones (excluding diaryl/α,β-unsaturated/α-hetero) is 1. The van der Waals surface area contributed by atoms with Crippen molar-refractivity contribution in [2.75, 3.05) is 7.05 Å². The largest absolute Gasteiger partial charge is 0.291 e. The molecule has 1 aliphatic rings. The topological polar surface area (TPSA) is 49.7 Å². The molecule has 0 saturated carbocycles. The first-order valence-corrected chi connectivity index (χ1v) is 5.54. The molecule has 1 aromatic carbocycles. The third-order valence-corrected chi connectivity index (χ3v) is 3.22. The van der Waals surface area contributed by atoms with Crippen molar-refractivity contribution in [2.24, 2.45) is 5.10 Å². The van der Waals surface area contributed by atoms with Gasteiger partial charge in [0.05, 0.1) is 11.2 Å². The Morgan fingerprint density at radius 2 is 2.06 bits per heavy atom. The molecule has 0 bridgehead atoms. The van der Waals surface area contributed by atoms with Gasteiger partial charge in [-0.2, -0.15) is 5.10 Å². The van der Waals surface area contributed by atoms with E-state index in [1.165, 1.54) is 13.1 Å². The van der Waals surface area contributed by atoms with Crippen LogP contribution in [0.3, 0.4) is 0 Å². The molecule has 1 aromatic rings. The van der Waals surface area contributed by atoms with E-state index in [0.717, 1.165) is 11.2 Å². The minimum Gasteiger partial charge on any atom is -0.291 e. The number of benzene rings is 1. The highest BCUT2D eigenvalue weighted by Gasteiger charge is 2.49. The molecule has 1 unspecified atom stereocenters. The van der Waals surface area contributed by atoms with Gasteiger partial charge in [-0.05, 0) is 12.1 Å². The van der Waals surface area contributed by atoms with Crippen molar-refractivity contribution in [3.05, 3.63) is 34.9 Å². The normalized spacial score (nSPS) is 23.2.